The van der Waals surface area contributed by atoms with Gasteiger partial charge in [-0.15, -0.1) is 0 Å². The predicted molar refractivity (Wildman–Crippen MR) is 123 cm³/mol. The van der Waals surface area contributed by atoms with E-state index in [-0.39, 0.29) is 12.2 Å². The lowest BCUT2D eigenvalue weighted by Crippen LogP contribution is -2.41. The second-order valence-electron chi connectivity index (χ2n) is 7.52. The van der Waals surface area contributed by atoms with E-state index in [9.17, 15) is 23.2 Å². The molecule has 0 bridgehead atoms. The number of ketones is 1. The molecule has 0 radical (unpaired) electrons. The van der Waals surface area contributed by atoms with Crippen molar-refractivity contribution in [3.63, 3.8) is 0 Å². The second-order valence-corrected chi connectivity index (χ2v) is 7.93. The summed E-state index contributed by atoms with van der Waals surface area (Å²) in [4.78, 5) is 37.1. The Labute approximate surface area is 194 Å². The third-order valence-electron chi connectivity index (χ3n) is 5.09. The summed E-state index contributed by atoms with van der Waals surface area (Å²) in [6, 6.07) is 13.9. The Morgan fingerprint density at radius 1 is 0.879 bits per heavy atom. The van der Waals surface area contributed by atoms with Gasteiger partial charge in [0.2, 0.25) is 0 Å². The molecule has 0 aliphatic carbocycles. The molecule has 5 nitrogen and oxygen atoms in total. The van der Waals surface area contributed by atoms with Gasteiger partial charge in [-0.3, -0.25) is 14.4 Å². The van der Waals surface area contributed by atoms with Crippen LogP contribution in [0.25, 0.3) is 0 Å². The minimum absolute atomic E-state index is 0.209. The second kappa shape index (κ2) is 10.4. The average molecular weight is 471 g/mol. The zero-order chi connectivity index (χ0) is 24.1. The van der Waals surface area contributed by atoms with Crippen LogP contribution < -0.4 is 10.6 Å². The van der Waals surface area contributed by atoms with Crippen LogP contribution in [0.4, 0.5) is 14.5 Å². The Bertz CT molecular complexity index is 1170. The molecule has 8 heteroatoms. The molecule has 33 heavy (non-hydrogen) atoms. The third-order valence-corrected chi connectivity index (χ3v) is 5.40. The zero-order valence-electron chi connectivity index (χ0n) is 17.9. The van der Waals surface area contributed by atoms with Gasteiger partial charge in [0.15, 0.2) is 5.78 Å². The van der Waals surface area contributed by atoms with Crippen LogP contribution in [-0.2, 0) is 11.2 Å². The van der Waals surface area contributed by atoms with E-state index >= 15 is 0 Å². The molecule has 0 saturated carbocycles. The first-order valence-electron chi connectivity index (χ1n) is 10.1. The van der Waals surface area contributed by atoms with E-state index in [1.165, 1.54) is 13.0 Å². The molecule has 0 heterocycles. The number of carbonyl (C=O) groups excluding carboxylic acids is 3. The van der Waals surface area contributed by atoms with Crippen molar-refractivity contribution in [1.82, 2.24) is 5.32 Å². The number of Topliss-reactive ketones (excluding diaryl/α,β-unsaturated/α-hetero) is 1. The van der Waals surface area contributed by atoms with Crippen molar-refractivity contribution >= 4 is 34.9 Å². The van der Waals surface area contributed by atoms with E-state index in [0.29, 0.717) is 27.4 Å². The van der Waals surface area contributed by atoms with Crippen LogP contribution in [0.2, 0.25) is 5.02 Å². The molecule has 2 amide bonds. The Morgan fingerprint density at radius 3 is 2.06 bits per heavy atom. The zero-order valence-corrected chi connectivity index (χ0v) is 18.7. The Balaban J connectivity index is 1.70. The number of benzene rings is 3. The van der Waals surface area contributed by atoms with Crippen LogP contribution in [0.3, 0.4) is 0 Å². The van der Waals surface area contributed by atoms with Crippen molar-refractivity contribution in [1.29, 1.82) is 0 Å². The van der Waals surface area contributed by atoms with Crippen molar-refractivity contribution < 1.29 is 23.2 Å². The smallest absolute Gasteiger partial charge is 0.261 e. The maximum atomic E-state index is 13.8. The van der Waals surface area contributed by atoms with Gasteiger partial charge < -0.3 is 10.6 Å². The highest BCUT2D eigenvalue weighted by Crippen LogP contribution is 2.20. The van der Waals surface area contributed by atoms with Gasteiger partial charge in [-0.2, -0.15) is 0 Å². The van der Waals surface area contributed by atoms with Gasteiger partial charge in [-0.25, -0.2) is 8.78 Å². The van der Waals surface area contributed by atoms with Crippen LogP contribution >= 0.6 is 11.6 Å². The maximum absolute atomic E-state index is 13.8. The molecule has 0 spiro atoms. The number of nitrogens with one attached hydrogen (secondary N) is 2. The lowest BCUT2D eigenvalue weighted by molar-refractivity contribution is -0.118. The van der Waals surface area contributed by atoms with Crippen molar-refractivity contribution in [3.05, 3.63) is 99.6 Å². The SMILES string of the molecule is CC(=O)C(Cc1ccc(NC(=O)c2c(F)cccc2F)cc1)NC(=O)c1c(C)cccc1Cl. The average Bonchev–Trinajstić information content (AvgIpc) is 2.74. The molecular weight excluding hydrogens is 450 g/mol. The highest BCUT2D eigenvalue weighted by Gasteiger charge is 2.21. The maximum Gasteiger partial charge on any atom is 0.261 e. The topological polar surface area (TPSA) is 75.3 Å². The Kier molecular flexibility index (Phi) is 7.55. The fourth-order valence-corrected chi connectivity index (χ4v) is 3.62. The number of anilines is 1. The fraction of sp³-hybridized carbons (Fsp3) is 0.160. The summed E-state index contributed by atoms with van der Waals surface area (Å²) in [7, 11) is 0. The summed E-state index contributed by atoms with van der Waals surface area (Å²) in [5.74, 6) is -3.52. The normalized spacial score (nSPS) is 11.5. The Hall–Kier alpha value is -3.58. The van der Waals surface area contributed by atoms with E-state index in [4.69, 9.17) is 11.6 Å². The highest BCUT2D eigenvalue weighted by atomic mass is 35.5. The summed E-state index contributed by atoms with van der Waals surface area (Å²) >= 11 is 6.14. The van der Waals surface area contributed by atoms with Crippen LogP contribution in [0.1, 0.15) is 38.8 Å². The molecule has 1 atom stereocenters. The van der Waals surface area contributed by atoms with Gasteiger partial charge in [-0.05, 0) is 61.7 Å². The summed E-state index contributed by atoms with van der Waals surface area (Å²) in [5.41, 5.74) is 1.36. The van der Waals surface area contributed by atoms with E-state index in [2.05, 4.69) is 10.6 Å². The fourth-order valence-electron chi connectivity index (χ4n) is 3.31. The van der Waals surface area contributed by atoms with E-state index in [0.717, 1.165) is 12.1 Å². The van der Waals surface area contributed by atoms with E-state index in [1.54, 1.807) is 49.4 Å². The molecule has 170 valence electrons. The van der Waals surface area contributed by atoms with Gasteiger partial charge in [0.1, 0.15) is 17.2 Å². The molecule has 0 fully saturated rings. The van der Waals surface area contributed by atoms with E-state index in [1.807, 2.05) is 0 Å². The number of hydrogen-bond donors (Lipinski definition) is 2. The summed E-state index contributed by atoms with van der Waals surface area (Å²) in [6.45, 7) is 3.13. The molecule has 0 saturated heterocycles. The monoisotopic (exact) mass is 470 g/mol. The number of amides is 2. The van der Waals surface area contributed by atoms with Gasteiger partial charge in [0.25, 0.3) is 11.8 Å². The molecule has 1 unspecified atom stereocenters. The molecule has 2 N–H and O–H groups in total. The van der Waals surface area contributed by atoms with Crippen LogP contribution in [-0.4, -0.2) is 23.6 Å². The number of rotatable bonds is 7. The summed E-state index contributed by atoms with van der Waals surface area (Å²) < 4.78 is 27.6. The lowest BCUT2D eigenvalue weighted by Gasteiger charge is -2.18. The van der Waals surface area contributed by atoms with Crippen LogP contribution in [0, 0.1) is 18.6 Å². The Morgan fingerprint density at radius 2 is 1.48 bits per heavy atom. The van der Waals surface area contributed by atoms with Gasteiger partial charge >= 0.3 is 0 Å². The number of aryl methyl sites for hydroxylation is 1. The molecule has 3 aromatic carbocycles. The molecule has 3 aromatic rings. The summed E-state index contributed by atoms with van der Waals surface area (Å²) in [6.07, 6.45) is 0.209. The summed E-state index contributed by atoms with van der Waals surface area (Å²) in [5, 5.41) is 5.45. The minimum Gasteiger partial charge on any atom is -0.342 e. The number of carbonyl (C=O) groups is 3. The largest absolute Gasteiger partial charge is 0.342 e. The standard InChI is InChI=1S/C25H21ClF2N2O3/c1-14-5-3-6-18(26)22(14)24(32)30-21(15(2)31)13-16-9-11-17(12-10-16)29-25(33)23-19(27)7-4-8-20(23)28/h3-12,21H,13H2,1-2H3,(H,29,33)(H,30,32). The quantitative estimate of drug-likeness (QED) is 0.504. The van der Waals surface area contributed by atoms with Gasteiger partial charge in [0.05, 0.1) is 16.6 Å². The molecule has 3 rings (SSSR count). The molecule has 0 aliphatic rings. The molecular formula is C25H21ClF2N2O3. The van der Waals surface area contributed by atoms with Crippen molar-refractivity contribution in [2.75, 3.05) is 5.32 Å². The molecule has 0 aliphatic heterocycles. The number of halogens is 3. The van der Waals surface area contributed by atoms with Gasteiger partial charge in [0, 0.05) is 5.69 Å². The first-order valence-corrected chi connectivity index (χ1v) is 10.5. The highest BCUT2D eigenvalue weighted by molar-refractivity contribution is 6.34. The first kappa shape index (κ1) is 24.1. The number of hydrogen-bond acceptors (Lipinski definition) is 3. The van der Waals surface area contributed by atoms with Crippen LogP contribution in [0.15, 0.2) is 60.7 Å². The predicted octanol–water partition coefficient (Wildman–Crippen LogP) is 5.11. The minimum atomic E-state index is -0.960. The lowest BCUT2D eigenvalue weighted by atomic mass is 10.0. The van der Waals surface area contributed by atoms with Gasteiger partial charge in [-0.1, -0.05) is 41.9 Å². The van der Waals surface area contributed by atoms with E-state index < -0.39 is 35.1 Å². The van der Waals surface area contributed by atoms with Crippen molar-refractivity contribution in [3.8, 4) is 0 Å². The first-order chi connectivity index (χ1) is 15.7. The third kappa shape index (κ3) is 5.81. The van der Waals surface area contributed by atoms with Crippen molar-refractivity contribution in [2.24, 2.45) is 0 Å². The van der Waals surface area contributed by atoms with Crippen molar-refractivity contribution in [2.45, 2.75) is 26.3 Å². The molecule has 0 aromatic heterocycles. The van der Waals surface area contributed by atoms with Crippen LogP contribution in [0.5, 0.6) is 0 Å².